The second-order valence-corrected chi connectivity index (χ2v) is 9.87. The maximum atomic E-state index is 13.4. The summed E-state index contributed by atoms with van der Waals surface area (Å²) in [6.07, 6.45) is -0.347. The summed E-state index contributed by atoms with van der Waals surface area (Å²) in [5.74, 6) is -1.52. The average molecular weight is 440 g/mol. The monoisotopic (exact) mass is 439 g/mol. The van der Waals surface area contributed by atoms with Crippen LogP contribution in [-0.4, -0.2) is 25.2 Å². The van der Waals surface area contributed by atoms with Gasteiger partial charge in [0.1, 0.15) is 5.82 Å². The lowest BCUT2D eigenvalue weighted by Crippen LogP contribution is -2.20. The number of fused-ring (bicyclic) bond motifs is 1. The minimum absolute atomic E-state index is 0.0265. The van der Waals surface area contributed by atoms with E-state index in [0.717, 1.165) is 11.1 Å². The van der Waals surface area contributed by atoms with Crippen LogP contribution in [0.3, 0.4) is 0 Å². The highest BCUT2D eigenvalue weighted by Crippen LogP contribution is 2.37. The van der Waals surface area contributed by atoms with Gasteiger partial charge in [-0.1, -0.05) is 30.3 Å². The Hall–Kier alpha value is -3.03. The number of rotatable bonds is 5. The summed E-state index contributed by atoms with van der Waals surface area (Å²) in [6.45, 7) is 1.59. The third kappa shape index (κ3) is 4.38. The van der Waals surface area contributed by atoms with Gasteiger partial charge in [-0.15, -0.1) is 0 Å². The van der Waals surface area contributed by atoms with Gasteiger partial charge in [0.15, 0.2) is 9.84 Å². The zero-order valence-electron chi connectivity index (χ0n) is 16.9. The molecule has 2 unspecified atom stereocenters. The summed E-state index contributed by atoms with van der Waals surface area (Å²) in [5, 5.41) is 13.2. The van der Waals surface area contributed by atoms with E-state index in [1.807, 2.05) is 24.3 Å². The Balaban J connectivity index is 1.52. The number of aryl methyl sites for hydroxylation is 1. The third-order valence-corrected chi connectivity index (χ3v) is 7.45. The van der Waals surface area contributed by atoms with Crippen LogP contribution in [0, 0.1) is 18.7 Å². The van der Waals surface area contributed by atoms with E-state index >= 15 is 0 Å². The largest absolute Gasteiger partial charge is 0.388 e. The molecule has 31 heavy (non-hydrogen) atoms. The molecule has 0 saturated heterocycles. The van der Waals surface area contributed by atoms with Crippen LogP contribution in [0.1, 0.15) is 33.2 Å². The minimum atomic E-state index is -3.73. The maximum absolute atomic E-state index is 13.4. The molecule has 0 bridgehead atoms. The molecule has 0 radical (unpaired) electrons. The van der Waals surface area contributed by atoms with Crippen molar-refractivity contribution in [1.82, 2.24) is 0 Å². The summed E-state index contributed by atoms with van der Waals surface area (Å²) in [7, 11) is -3.73. The Labute approximate surface area is 180 Å². The SMILES string of the molecule is Cc1cc(NC(=O)c2cccc(S(=O)(=O)CC3Cc4ccccc4C3O)c2)ccc1F. The van der Waals surface area contributed by atoms with Gasteiger partial charge in [-0.25, -0.2) is 12.8 Å². The normalized spacial score (nSPS) is 17.9. The second-order valence-electron chi connectivity index (χ2n) is 7.84. The second kappa shape index (κ2) is 8.24. The first-order valence-electron chi connectivity index (χ1n) is 9.91. The Bertz CT molecular complexity index is 1260. The maximum Gasteiger partial charge on any atom is 0.255 e. The fraction of sp³-hybridized carbons (Fsp3) is 0.208. The van der Waals surface area contributed by atoms with Gasteiger partial charge in [-0.05, 0) is 66.4 Å². The highest BCUT2D eigenvalue weighted by atomic mass is 32.2. The van der Waals surface area contributed by atoms with Gasteiger partial charge in [-0.2, -0.15) is 0 Å². The van der Waals surface area contributed by atoms with E-state index in [0.29, 0.717) is 17.7 Å². The van der Waals surface area contributed by atoms with Gasteiger partial charge in [0.05, 0.1) is 16.8 Å². The van der Waals surface area contributed by atoms with Crippen LogP contribution in [0.4, 0.5) is 10.1 Å². The molecule has 0 aromatic heterocycles. The van der Waals surface area contributed by atoms with Crippen LogP contribution in [0.15, 0.2) is 71.6 Å². The van der Waals surface area contributed by atoms with Crippen molar-refractivity contribution < 1.29 is 22.7 Å². The molecule has 0 spiro atoms. The van der Waals surface area contributed by atoms with Crippen LogP contribution in [0.25, 0.3) is 0 Å². The molecule has 3 aromatic carbocycles. The molecule has 0 saturated carbocycles. The molecule has 0 heterocycles. The zero-order valence-corrected chi connectivity index (χ0v) is 17.7. The van der Waals surface area contributed by atoms with Crippen molar-refractivity contribution in [2.45, 2.75) is 24.3 Å². The molecule has 3 aromatic rings. The van der Waals surface area contributed by atoms with Crippen LogP contribution in [0.5, 0.6) is 0 Å². The lowest BCUT2D eigenvalue weighted by molar-refractivity contribution is 0.102. The lowest BCUT2D eigenvalue weighted by Gasteiger charge is -2.16. The Morgan fingerprint density at radius 1 is 1.10 bits per heavy atom. The first-order chi connectivity index (χ1) is 14.7. The van der Waals surface area contributed by atoms with Crippen molar-refractivity contribution in [2.75, 3.05) is 11.1 Å². The molecular weight excluding hydrogens is 417 g/mol. The predicted molar refractivity (Wildman–Crippen MR) is 116 cm³/mol. The van der Waals surface area contributed by atoms with E-state index < -0.39 is 27.8 Å². The molecule has 1 amide bonds. The first kappa shape index (κ1) is 21.2. The van der Waals surface area contributed by atoms with Crippen molar-refractivity contribution in [3.05, 3.63) is 94.8 Å². The number of hydrogen-bond donors (Lipinski definition) is 2. The number of carbonyl (C=O) groups excluding carboxylic acids is 1. The fourth-order valence-corrected chi connectivity index (χ4v) is 5.59. The number of halogens is 1. The number of nitrogens with one attached hydrogen (secondary N) is 1. The summed E-state index contributed by atoms with van der Waals surface area (Å²) in [4.78, 5) is 12.6. The molecule has 1 aliphatic rings. The van der Waals surface area contributed by atoms with Crippen molar-refractivity contribution in [3.63, 3.8) is 0 Å². The van der Waals surface area contributed by atoms with Gasteiger partial charge in [0, 0.05) is 17.2 Å². The van der Waals surface area contributed by atoms with E-state index in [4.69, 9.17) is 0 Å². The number of benzene rings is 3. The Morgan fingerprint density at radius 3 is 2.61 bits per heavy atom. The Kier molecular flexibility index (Phi) is 5.64. The molecule has 1 aliphatic carbocycles. The summed E-state index contributed by atoms with van der Waals surface area (Å²) >= 11 is 0. The van der Waals surface area contributed by atoms with Crippen LogP contribution in [-0.2, 0) is 16.3 Å². The number of amides is 1. The summed E-state index contributed by atoms with van der Waals surface area (Å²) in [6, 6.07) is 17.4. The average Bonchev–Trinajstić information content (AvgIpc) is 3.06. The molecule has 0 fully saturated rings. The standard InChI is InChI=1S/C24H22FNO4S/c1-15-11-19(9-10-22(15)25)26-24(28)17-6-4-7-20(13-17)31(29,30)14-18-12-16-5-2-3-8-21(16)23(18)27/h2-11,13,18,23,27H,12,14H2,1H3,(H,26,28). The molecule has 160 valence electrons. The van der Waals surface area contributed by atoms with Crippen LogP contribution < -0.4 is 5.32 Å². The number of anilines is 1. The molecular formula is C24H22FNO4S. The van der Waals surface area contributed by atoms with E-state index in [1.54, 1.807) is 6.92 Å². The minimum Gasteiger partial charge on any atom is -0.388 e. The van der Waals surface area contributed by atoms with Gasteiger partial charge >= 0.3 is 0 Å². The summed E-state index contributed by atoms with van der Waals surface area (Å²) in [5.41, 5.74) is 2.72. The number of hydrogen-bond acceptors (Lipinski definition) is 4. The van der Waals surface area contributed by atoms with Crippen molar-refractivity contribution in [1.29, 1.82) is 0 Å². The fourth-order valence-electron chi connectivity index (χ4n) is 3.94. The smallest absolute Gasteiger partial charge is 0.255 e. The van der Waals surface area contributed by atoms with Crippen molar-refractivity contribution in [2.24, 2.45) is 5.92 Å². The van der Waals surface area contributed by atoms with Gasteiger partial charge in [-0.3, -0.25) is 4.79 Å². The van der Waals surface area contributed by atoms with E-state index in [9.17, 15) is 22.7 Å². The number of aliphatic hydroxyl groups is 1. The first-order valence-corrected chi connectivity index (χ1v) is 11.6. The zero-order chi connectivity index (χ0) is 22.2. The number of aliphatic hydroxyl groups excluding tert-OH is 1. The van der Waals surface area contributed by atoms with E-state index in [2.05, 4.69) is 5.32 Å². The molecule has 5 nitrogen and oxygen atoms in total. The third-order valence-electron chi connectivity index (χ3n) is 5.61. The molecule has 7 heteroatoms. The molecule has 4 rings (SSSR count). The van der Waals surface area contributed by atoms with Crippen LogP contribution in [0.2, 0.25) is 0 Å². The lowest BCUT2D eigenvalue weighted by atomic mass is 10.1. The van der Waals surface area contributed by atoms with Gasteiger partial charge in [0.2, 0.25) is 0 Å². The summed E-state index contributed by atoms with van der Waals surface area (Å²) < 4.78 is 39.5. The quantitative estimate of drug-likeness (QED) is 0.628. The van der Waals surface area contributed by atoms with E-state index in [-0.39, 0.29) is 22.0 Å². The predicted octanol–water partition coefficient (Wildman–Crippen LogP) is 4.07. The molecule has 2 atom stereocenters. The highest BCUT2D eigenvalue weighted by Gasteiger charge is 2.34. The number of sulfone groups is 1. The van der Waals surface area contributed by atoms with Crippen molar-refractivity contribution in [3.8, 4) is 0 Å². The molecule has 0 aliphatic heterocycles. The van der Waals surface area contributed by atoms with Gasteiger partial charge in [0.25, 0.3) is 5.91 Å². The topological polar surface area (TPSA) is 83.5 Å². The van der Waals surface area contributed by atoms with E-state index in [1.165, 1.54) is 42.5 Å². The Morgan fingerprint density at radius 2 is 1.87 bits per heavy atom. The number of carbonyl (C=O) groups is 1. The van der Waals surface area contributed by atoms with Crippen molar-refractivity contribution >= 4 is 21.4 Å². The van der Waals surface area contributed by atoms with Crippen LogP contribution >= 0.6 is 0 Å². The molecule has 2 N–H and O–H groups in total. The van der Waals surface area contributed by atoms with Gasteiger partial charge < -0.3 is 10.4 Å². The highest BCUT2D eigenvalue weighted by molar-refractivity contribution is 7.91.